The predicted octanol–water partition coefficient (Wildman–Crippen LogP) is 2.86. The fourth-order valence-electron chi connectivity index (χ4n) is 2.02. The van der Waals surface area contributed by atoms with Crippen LogP contribution in [0.3, 0.4) is 0 Å². The number of amides is 1. The third kappa shape index (κ3) is 3.26. The van der Waals surface area contributed by atoms with E-state index in [4.69, 9.17) is 0 Å². The first kappa shape index (κ1) is 12.0. The predicted molar refractivity (Wildman–Crippen MR) is 62.6 cm³/mol. The molecule has 0 saturated heterocycles. The fourth-order valence-corrected chi connectivity index (χ4v) is 2.41. The third-order valence-corrected chi connectivity index (χ3v) is 3.66. The van der Waals surface area contributed by atoms with E-state index in [1.807, 2.05) is 0 Å². The van der Waals surface area contributed by atoms with E-state index in [-0.39, 0.29) is 11.3 Å². The summed E-state index contributed by atoms with van der Waals surface area (Å²) in [6.45, 7) is 2.93. The van der Waals surface area contributed by atoms with Crippen molar-refractivity contribution >= 4 is 21.8 Å². The SMILES string of the molecule is CC1(C(=O)NCCCCBr)CCCC1. The quantitative estimate of drug-likeness (QED) is 0.599. The summed E-state index contributed by atoms with van der Waals surface area (Å²) in [7, 11) is 0. The molecule has 0 atom stereocenters. The number of unbranched alkanes of at least 4 members (excludes halogenated alkanes) is 1. The van der Waals surface area contributed by atoms with Gasteiger partial charge in [-0.2, -0.15) is 0 Å². The van der Waals surface area contributed by atoms with E-state index in [0.29, 0.717) is 0 Å². The second-order valence-corrected chi connectivity index (χ2v) is 5.21. The Kier molecular flexibility index (Phi) is 4.93. The monoisotopic (exact) mass is 261 g/mol. The van der Waals surface area contributed by atoms with Crippen LogP contribution in [0.25, 0.3) is 0 Å². The third-order valence-electron chi connectivity index (χ3n) is 3.10. The van der Waals surface area contributed by atoms with E-state index < -0.39 is 0 Å². The lowest BCUT2D eigenvalue weighted by atomic mass is 9.88. The minimum atomic E-state index is -0.0611. The molecule has 0 radical (unpaired) electrons. The lowest BCUT2D eigenvalue weighted by Gasteiger charge is -2.22. The van der Waals surface area contributed by atoms with Gasteiger partial charge in [-0.1, -0.05) is 35.7 Å². The van der Waals surface area contributed by atoms with E-state index >= 15 is 0 Å². The Morgan fingerprint density at radius 1 is 1.36 bits per heavy atom. The number of hydrogen-bond acceptors (Lipinski definition) is 1. The number of carbonyl (C=O) groups excluding carboxylic acids is 1. The molecule has 0 aliphatic heterocycles. The van der Waals surface area contributed by atoms with Gasteiger partial charge >= 0.3 is 0 Å². The zero-order valence-electron chi connectivity index (χ0n) is 8.94. The molecule has 0 aromatic heterocycles. The molecule has 0 heterocycles. The number of alkyl halides is 1. The number of hydrogen-bond donors (Lipinski definition) is 1. The van der Waals surface area contributed by atoms with Crippen LogP contribution in [0.4, 0.5) is 0 Å². The highest BCUT2D eigenvalue weighted by Crippen LogP contribution is 2.37. The van der Waals surface area contributed by atoms with Crippen LogP contribution >= 0.6 is 15.9 Å². The van der Waals surface area contributed by atoms with E-state index in [1.54, 1.807) is 0 Å². The van der Waals surface area contributed by atoms with Crippen molar-refractivity contribution in [1.82, 2.24) is 5.32 Å². The summed E-state index contributed by atoms with van der Waals surface area (Å²) in [6, 6.07) is 0. The van der Waals surface area contributed by atoms with Crippen molar-refractivity contribution in [2.24, 2.45) is 5.41 Å². The number of carbonyl (C=O) groups is 1. The molecule has 1 amide bonds. The van der Waals surface area contributed by atoms with Crippen LogP contribution in [0.2, 0.25) is 0 Å². The molecule has 1 N–H and O–H groups in total. The van der Waals surface area contributed by atoms with Crippen molar-refractivity contribution in [3.05, 3.63) is 0 Å². The van der Waals surface area contributed by atoms with Gasteiger partial charge in [-0.25, -0.2) is 0 Å². The minimum Gasteiger partial charge on any atom is -0.356 e. The summed E-state index contributed by atoms with van der Waals surface area (Å²) < 4.78 is 0. The lowest BCUT2D eigenvalue weighted by molar-refractivity contribution is -0.129. The Labute approximate surface area is 95.0 Å². The van der Waals surface area contributed by atoms with Crippen LogP contribution < -0.4 is 5.32 Å². The largest absolute Gasteiger partial charge is 0.356 e. The Morgan fingerprint density at radius 2 is 2.00 bits per heavy atom. The van der Waals surface area contributed by atoms with Gasteiger partial charge in [-0.15, -0.1) is 0 Å². The summed E-state index contributed by atoms with van der Waals surface area (Å²) in [6.07, 6.45) is 6.77. The van der Waals surface area contributed by atoms with Crippen LogP contribution in [0, 0.1) is 5.41 Å². The van der Waals surface area contributed by atoms with Gasteiger partial charge in [0, 0.05) is 17.3 Å². The highest BCUT2D eigenvalue weighted by atomic mass is 79.9. The first-order valence-corrected chi connectivity index (χ1v) is 6.65. The van der Waals surface area contributed by atoms with Gasteiger partial charge in [0.2, 0.25) is 5.91 Å². The lowest BCUT2D eigenvalue weighted by Crippen LogP contribution is -2.37. The van der Waals surface area contributed by atoms with Crippen LogP contribution in [-0.4, -0.2) is 17.8 Å². The highest BCUT2D eigenvalue weighted by Gasteiger charge is 2.35. The molecule has 82 valence electrons. The van der Waals surface area contributed by atoms with E-state index in [1.165, 1.54) is 12.8 Å². The normalized spacial score (nSPS) is 19.6. The standard InChI is InChI=1S/C11H20BrNO/c1-11(6-2-3-7-11)10(14)13-9-5-4-8-12/h2-9H2,1H3,(H,13,14). The van der Waals surface area contributed by atoms with Gasteiger partial charge in [0.15, 0.2) is 0 Å². The average molecular weight is 262 g/mol. The topological polar surface area (TPSA) is 29.1 Å². The van der Waals surface area contributed by atoms with E-state index in [2.05, 4.69) is 28.2 Å². The fraction of sp³-hybridized carbons (Fsp3) is 0.909. The Balaban J connectivity index is 2.20. The highest BCUT2D eigenvalue weighted by molar-refractivity contribution is 9.09. The molecule has 14 heavy (non-hydrogen) atoms. The molecular weight excluding hydrogens is 242 g/mol. The molecule has 0 unspecified atom stereocenters. The Bertz CT molecular complexity index is 188. The molecule has 1 fully saturated rings. The van der Waals surface area contributed by atoms with Crippen LogP contribution in [0.15, 0.2) is 0 Å². The molecule has 1 aliphatic rings. The van der Waals surface area contributed by atoms with Crippen molar-refractivity contribution in [1.29, 1.82) is 0 Å². The summed E-state index contributed by atoms with van der Waals surface area (Å²) in [4.78, 5) is 11.8. The molecule has 1 rings (SSSR count). The smallest absolute Gasteiger partial charge is 0.225 e. The second kappa shape index (κ2) is 5.74. The summed E-state index contributed by atoms with van der Waals surface area (Å²) >= 11 is 3.38. The molecule has 0 aromatic rings. The van der Waals surface area contributed by atoms with Gasteiger partial charge in [-0.05, 0) is 25.7 Å². The summed E-state index contributed by atoms with van der Waals surface area (Å²) in [5.41, 5.74) is -0.0611. The molecule has 1 saturated carbocycles. The van der Waals surface area contributed by atoms with Crippen molar-refractivity contribution in [2.75, 3.05) is 11.9 Å². The molecule has 0 bridgehead atoms. The molecule has 0 spiro atoms. The van der Waals surface area contributed by atoms with Gasteiger partial charge in [0.25, 0.3) is 0 Å². The van der Waals surface area contributed by atoms with Crippen molar-refractivity contribution in [2.45, 2.75) is 45.4 Å². The maximum absolute atomic E-state index is 11.8. The zero-order valence-corrected chi connectivity index (χ0v) is 10.5. The summed E-state index contributed by atoms with van der Waals surface area (Å²) in [5.74, 6) is 0.268. The average Bonchev–Trinajstić information content (AvgIpc) is 2.61. The first-order chi connectivity index (χ1) is 6.69. The van der Waals surface area contributed by atoms with Gasteiger partial charge < -0.3 is 5.32 Å². The molecule has 1 aliphatic carbocycles. The van der Waals surface area contributed by atoms with E-state index in [0.717, 1.165) is 37.6 Å². The van der Waals surface area contributed by atoms with Crippen LogP contribution in [0.1, 0.15) is 45.4 Å². The molecule has 2 nitrogen and oxygen atoms in total. The summed E-state index contributed by atoms with van der Waals surface area (Å²) in [5, 5.41) is 4.07. The van der Waals surface area contributed by atoms with Gasteiger partial charge in [0.1, 0.15) is 0 Å². The number of halogens is 1. The number of nitrogens with one attached hydrogen (secondary N) is 1. The van der Waals surface area contributed by atoms with Crippen molar-refractivity contribution in [3.8, 4) is 0 Å². The minimum absolute atomic E-state index is 0.0611. The van der Waals surface area contributed by atoms with Gasteiger partial charge in [0.05, 0.1) is 0 Å². The molecule has 3 heteroatoms. The maximum Gasteiger partial charge on any atom is 0.225 e. The van der Waals surface area contributed by atoms with Crippen LogP contribution in [0.5, 0.6) is 0 Å². The maximum atomic E-state index is 11.8. The van der Waals surface area contributed by atoms with E-state index in [9.17, 15) is 4.79 Å². The van der Waals surface area contributed by atoms with Crippen molar-refractivity contribution < 1.29 is 4.79 Å². The molecule has 0 aromatic carbocycles. The number of rotatable bonds is 5. The van der Waals surface area contributed by atoms with Gasteiger partial charge in [-0.3, -0.25) is 4.79 Å². The second-order valence-electron chi connectivity index (χ2n) is 4.42. The zero-order chi connectivity index (χ0) is 10.4. The van der Waals surface area contributed by atoms with Crippen LogP contribution in [-0.2, 0) is 4.79 Å². The van der Waals surface area contributed by atoms with Crippen molar-refractivity contribution in [3.63, 3.8) is 0 Å². The molecular formula is C11H20BrNO. The Morgan fingerprint density at radius 3 is 2.57 bits per heavy atom. The first-order valence-electron chi connectivity index (χ1n) is 5.53. The Hall–Kier alpha value is -0.0500.